The zero-order chi connectivity index (χ0) is 28.3. The third kappa shape index (κ3) is 14.1. The average molecular weight is 537 g/mol. The van der Waals surface area contributed by atoms with Crippen LogP contribution in [0.3, 0.4) is 0 Å². The first-order chi connectivity index (χ1) is 18.2. The van der Waals surface area contributed by atoms with Crippen molar-refractivity contribution in [2.45, 2.75) is 59.6 Å². The zero-order valence-electron chi connectivity index (χ0n) is 23.0. The molecule has 0 aliphatic carbocycles. The predicted molar refractivity (Wildman–Crippen MR) is 144 cm³/mol. The van der Waals surface area contributed by atoms with Crippen molar-refractivity contribution in [3.63, 3.8) is 0 Å². The summed E-state index contributed by atoms with van der Waals surface area (Å²) in [6, 6.07) is 5.99. The minimum atomic E-state index is -0.806. The molecule has 0 aliphatic heterocycles. The summed E-state index contributed by atoms with van der Waals surface area (Å²) in [5, 5.41) is 7.97. The van der Waals surface area contributed by atoms with Crippen molar-refractivity contribution in [3.8, 4) is 0 Å². The number of ketones is 1. The van der Waals surface area contributed by atoms with E-state index in [0.29, 0.717) is 38.6 Å². The Morgan fingerprint density at radius 1 is 0.921 bits per heavy atom. The number of hydrogen-bond acceptors (Lipinski definition) is 8. The van der Waals surface area contributed by atoms with E-state index in [2.05, 4.69) is 16.0 Å². The van der Waals surface area contributed by atoms with Gasteiger partial charge in [-0.2, -0.15) is 0 Å². The smallest absolute Gasteiger partial charge is 0.407 e. The molecule has 0 aliphatic rings. The molecule has 11 nitrogen and oxygen atoms in total. The van der Waals surface area contributed by atoms with Gasteiger partial charge in [0, 0.05) is 44.1 Å². The highest BCUT2D eigenvalue weighted by molar-refractivity contribution is 5.97. The summed E-state index contributed by atoms with van der Waals surface area (Å²) in [7, 11) is 0. The standard InChI is InChI=1S/C27H44N4O7/c1-5-13-36-15-16-37-14-10-23(32)17-24(19(2)3)26(34)30-20(4)25(33)31-22-8-6-21(7-9-22)18-38-27(35)29-12-11-28/h6-9,19-20,24H,5,10-18,28H2,1-4H3,(H,29,35)(H,30,34)(H,31,33)/t20-,24-/m0/s1. The van der Waals surface area contributed by atoms with Gasteiger partial charge in [0.25, 0.3) is 0 Å². The first-order valence-corrected chi connectivity index (χ1v) is 13.2. The number of amides is 3. The maximum Gasteiger partial charge on any atom is 0.407 e. The number of hydrogen-bond donors (Lipinski definition) is 4. The van der Waals surface area contributed by atoms with E-state index < -0.39 is 24.0 Å². The molecule has 214 valence electrons. The molecule has 11 heteroatoms. The van der Waals surface area contributed by atoms with Crippen molar-refractivity contribution >= 4 is 29.4 Å². The van der Waals surface area contributed by atoms with Gasteiger partial charge in [0.15, 0.2) is 0 Å². The minimum absolute atomic E-state index is 0.0636. The molecule has 1 rings (SSSR count). The number of anilines is 1. The second-order valence-corrected chi connectivity index (χ2v) is 9.28. The molecule has 0 unspecified atom stereocenters. The first-order valence-electron chi connectivity index (χ1n) is 13.2. The molecule has 0 saturated heterocycles. The summed E-state index contributed by atoms with van der Waals surface area (Å²) in [4.78, 5) is 49.4. The largest absolute Gasteiger partial charge is 0.445 e. The van der Waals surface area contributed by atoms with E-state index in [4.69, 9.17) is 19.9 Å². The zero-order valence-corrected chi connectivity index (χ0v) is 23.0. The van der Waals surface area contributed by atoms with Gasteiger partial charge < -0.3 is 35.9 Å². The van der Waals surface area contributed by atoms with Crippen LogP contribution in [0, 0.1) is 11.8 Å². The lowest BCUT2D eigenvalue weighted by atomic mass is 9.89. The van der Waals surface area contributed by atoms with Gasteiger partial charge in [-0.15, -0.1) is 0 Å². The average Bonchev–Trinajstić information content (AvgIpc) is 2.89. The number of carbonyl (C=O) groups excluding carboxylic acids is 4. The molecule has 3 amide bonds. The maximum absolute atomic E-state index is 12.9. The maximum atomic E-state index is 12.9. The lowest BCUT2D eigenvalue weighted by molar-refractivity contribution is -0.133. The van der Waals surface area contributed by atoms with Crippen LogP contribution in [0.2, 0.25) is 0 Å². The molecule has 5 N–H and O–H groups in total. The van der Waals surface area contributed by atoms with Crippen molar-refractivity contribution in [1.29, 1.82) is 0 Å². The van der Waals surface area contributed by atoms with Gasteiger partial charge in [0.05, 0.1) is 19.8 Å². The van der Waals surface area contributed by atoms with Crippen LogP contribution in [0.1, 0.15) is 52.5 Å². The molecule has 0 radical (unpaired) electrons. The number of nitrogens with one attached hydrogen (secondary N) is 3. The molecule has 2 atom stereocenters. The second-order valence-electron chi connectivity index (χ2n) is 9.28. The Kier molecular flexibility index (Phi) is 16.6. The van der Waals surface area contributed by atoms with Crippen LogP contribution in [0.4, 0.5) is 10.5 Å². The van der Waals surface area contributed by atoms with Gasteiger partial charge in [-0.05, 0) is 37.0 Å². The Morgan fingerprint density at radius 3 is 2.18 bits per heavy atom. The van der Waals surface area contributed by atoms with Crippen LogP contribution in [-0.2, 0) is 35.2 Å². The van der Waals surface area contributed by atoms with Gasteiger partial charge in [0.2, 0.25) is 11.8 Å². The third-order valence-corrected chi connectivity index (χ3v) is 5.59. The van der Waals surface area contributed by atoms with E-state index in [0.717, 1.165) is 12.0 Å². The fourth-order valence-electron chi connectivity index (χ4n) is 3.33. The Balaban J connectivity index is 2.47. The summed E-state index contributed by atoms with van der Waals surface area (Å²) >= 11 is 0. The molecular weight excluding hydrogens is 492 g/mol. The Bertz CT molecular complexity index is 861. The molecular formula is C27H44N4O7. The van der Waals surface area contributed by atoms with Crippen LogP contribution >= 0.6 is 0 Å². The van der Waals surface area contributed by atoms with Gasteiger partial charge in [-0.25, -0.2) is 4.79 Å². The van der Waals surface area contributed by atoms with Gasteiger partial charge in [-0.3, -0.25) is 14.4 Å². The fourth-order valence-corrected chi connectivity index (χ4v) is 3.33. The summed E-state index contributed by atoms with van der Waals surface area (Å²) in [5.74, 6) is -1.43. The van der Waals surface area contributed by atoms with Crippen LogP contribution in [0.15, 0.2) is 24.3 Å². The topological polar surface area (TPSA) is 158 Å². The number of Topliss-reactive ketones (excluding diaryl/α,β-unsaturated/α-hetero) is 1. The van der Waals surface area contributed by atoms with Crippen molar-refractivity contribution in [3.05, 3.63) is 29.8 Å². The number of benzene rings is 1. The second kappa shape index (κ2) is 19.1. The van der Waals surface area contributed by atoms with E-state index in [9.17, 15) is 19.2 Å². The Hall–Kier alpha value is -3.02. The number of rotatable bonds is 19. The minimum Gasteiger partial charge on any atom is -0.445 e. The summed E-state index contributed by atoms with van der Waals surface area (Å²) in [6.07, 6.45) is 0.695. The highest BCUT2D eigenvalue weighted by atomic mass is 16.5. The number of alkyl carbamates (subject to hydrolysis) is 1. The number of ether oxygens (including phenoxy) is 3. The van der Waals surface area contributed by atoms with Crippen LogP contribution in [0.25, 0.3) is 0 Å². The molecule has 0 fully saturated rings. The SMILES string of the molecule is CCCOCCOCCC(=O)C[C@H](C(=O)N[C@@H](C)C(=O)Nc1ccc(COC(=O)NCCN)cc1)C(C)C. The normalized spacial score (nSPS) is 12.5. The van der Waals surface area contributed by atoms with Gasteiger partial charge in [-0.1, -0.05) is 32.9 Å². The lowest BCUT2D eigenvalue weighted by Gasteiger charge is -2.22. The monoisotopic (exact) mass is 536 g/mol. The first kappa shape index (κ1) is 33.0. The van der Waals surface area contributed by atoms with Gasteiger partial charge >= 0.3 is 6.09 Å². The molecule has 0 bridgehead atoms. The van der Waals surface area contributed by atoms with Crippen LogP contribution in [0.5, 0.6) is 0 Å². The molecule has 0 spiro atoms. The molecule has 38 heavy (non-hydrogen) atoms. The molecule has 1 aromatic rings. The third-order valence-electron chi connectivity index (χ3n) is 5.59. The Morgan fingerprint density at radius 2 is 1.58 bits per heavy atom. The summed E-state index contributed by atoms with van der Waals surface area (Å²) in [5.41, 5.74) is 6.59. The lowest BCUT2D eigenvalue weighted by Crippen LogP contribution is -2.45. The molecule has 1 aromatic carbocycles. The highest BCUT2D eigenvalue weighted by Crippen LogP contribution is 2.18. The predicted octanol–water partition coefficient (Wildman–Crippen LogP) is 2.38. The summed E-state index contributed by atoms with van der Waals surface area (Å²) < 4.78 is 15.8. The van der Waals surface area contributed by atoms with Crippen molar-refractivity contribution in [1.82, 2.24) is 10.6 Å². The molecule has 0 saturated carbocycles. The molecule has 0 aromatic heterocycles. The van der Waals surface area contributed by atoms with E-state index in [-0.39, 0.29) is 43.7 Å². The van der Waals surface area contributed by atoms with Crippen LogP contribution < -0.4 is 21.7 Å². The fraction of sp³-hybridized carbons (Fsp3) is 0.630. The highest BCUT2D eigenvalue weighted by Gasteiger charge is 2.27. The van der Waals surface area contributed by atoms with Crippen molar-refractivity contribution in [2.75, 3.05) is 44.8 Å². The Labute approximate surface area is 225 Å². The van der Waals surface area contributed by atoms with Crippen molar-refractivity contribution < 1.29 is 33.4 Å². The van der Waals surface area contributed by atoms with E-state index in [1.807, 2.05) is 20.8 Å². The van der Waals surface area contributed by atoms with Crippen LogP contribution in [-0.4, -0.2) is 69.2 Å². The number of carbonyl (C=O) groups is 4. The summed E-state index contributed by atoms with van der Waals surface area (Å²) in [6.45, 7) is 9.97. The van der Waals surface area contributed by atoms with E-state index in [1.54, 1.807) is 31.2 Å². The van der Waals surface area contributed by atoms with E-state index in [1.165, 1.54) is 0 Å². The van der Waals surface area contributed by atoms with Gasteiger partial charge in [0.1, 0.15) is 18.4 Å². The quantitative estimate of drug-likeness (QED) is 0.196. The van der Waals surface area contributed by atoms with Crippen molar-refractivity contribution in [2.24, 2.45) is 17.6 Å². The number of nitrogens with two attached hydrogens (primary N) is 1. The van der Waals surface area contributed by atoms with E-state index >= 15 is 0 Å². The molecule has 0 heterocycles.